The largest absolute Gasteiger partial charge is 0.382 e. The molecule has 0 aromatic heterocycles. The molecule has 3 unspecified atom stereocenters. The van der Waals surface area contributed by atoms with Gasteiger partial charge in [0.25, 0.3) is 0 Å². The minimum atomic E-state index is -0.513. The van der Waals surface area contributed by atoms with Crippen LogP contribution in [0.15, 0.2) is 0 Å². The van der Waals surface area contributed by atoms with Gasteiger partial charge >= 0.3 is 0 Å². The molecule has 0 aliphatic heterocycles. The SMILES string of the molecule is CCNC(C)(C#N)CC(C)OC(C)COC. The molecule has 0 amide bonds. The molecule has 16 heavy (non-hydrogen) atoms. The number of hydrogen-bond donors (Lipinski definition) is 1. The molecule has 4 heteroatoms. The highest BCUT2D eigenvalue weighted by molar-refractivity contribution is 5.04. The quantitative estimate of drug-likeness (QED) is 0.687. The Hall–Kier alpha value is -0.630. The normalized spacial score (nSPS) is 18.5. The standard InChI is InChI=1S/C12H24N2O2/c1-6-14-12(4,9-13)7-10(2)16-11(3)8-15-5/h10-11,14H,6-8H2,1-5H3. The van der Waals surface area contributed by atoms with E-state index in [-0.39, 0.29) is 12.2 Å². The predicted octanol–water partition coefficient (Wildman–Crippen LogP) is 1.71. The molecule has 0 aliphatic rings. The first-order chi connectivity index (χ1) is 7.47. The van der Waals surface area contributed by atoms with Gasteiger partial charge in [-0.2, -0.15) is 5.26 Å². The van der Waals surface area contributed by atoms with Crippen molar-refractivity contribution < 1.29 is 9.47 Å². The van der Waals surface area contributed by atoms with Gasteiger partial charge in [-0.05, 0) is 27.3 Å². The van der Waals surface area contributed by atoms with E-state index >= 15 is 0 Å². The number of rotatable bonds is 8. The van der Waals surface area contributed by atoms with Gasteiger partial charge in [0.15, 0.2) is 0 Å². The molecule has 3 atom stereocenters. The Morgan fingerprint density at radius 1 is 1.38 bits per heavy atom. The van der Waals surface area contributed by atoms with Crippen LogP contribution in [-0.4, -0.2) is 38.0 Å². The van der Waals surface area contributed by atoms with Crippen molar-refractivity contribution in [3.63, 3.8) is 0 Å². The molecule has 0 saturated carbocycles. The first-order valence-electron chi connectivity index (χ1n) is 5.78. The highest BCUT2D eigenvalue weighted by atomic mass is 16.5. The molecule has 0 bridgehead atoms. The first-order valence-corrected chi connectivity index (χ1v) is 5.78. The fourth-order valence-electron chi connectivity index (χ4n) is 1.84. The summed E-state index contributed by atoms with van der Waals surface area (Å²) in [5.41, 5.74) is -0.513. The zero-order chi connectivity index (χ0) is 12.6. The summed E-state index contributed by atoms with van der Waals surface area (Å²) in [6.45, 7) is 9.21. The first kappa shape index (κ1) is 15.4. The Morgan fingerprint density at radius 2 is 2.00 bits per heavy atom. The molecule has 0 aromatic rings. The van der Waals surface area contributed by atoms with Crippen LogP contribution in [0.2, 0.25) is 0 Å². The highest BCUT2D eigenvalue weighted by Gasteiger charge is 2.26. The Morgan fingerprint density at radius 3 is 2.44 bits per heavy atom. The molecular weight excluding hydrogens is 204 g/mol. The highest BCUT2D eigenvalue weighted by Crippen LogP contribution is 2.14. The third kappa shape index (κ3) is 6.06. The molecular formula is C12H24N2O2. The fraction of sp³-hybridized carbons (Fsp3) is 0.917. The molecule has 0 aromatic carbocycles. The van der Waals surface area contributed by atoms with Gasteiger partial charge in [-0.1, -0.05) is 6.92 Å². The fourth-order valence-corrected chi connectivity index (χ4v) is 1.84. The zero-order valence-corrected chi connectivity index (χ0v) is 11.0. The van der Waals surface area contributed by atoms with E-state index in [0.29, 0.717) is 13.0 Å². The van der Waals surface area contributed by atoms with Crippen LogP contribution < -0.4 is 5.32 Å². The van der Waals surface area contributed by atoms with Gasteiger partial charge < -0.3 is 9.47 Å². The summed E-state index contributed by atoms with van der Waals surface area (Å²) < 4.78 is 10.7. The minimum Gasteiger partial charge on any atom is -0.382 e. The molecule has 0 spiro atoms. The van der Waals surface area contributed by atoms with Crippen molar-refractivity contribution in [3.05, 3.63) is 0 Å². The lowest BCUT2D eigenvalue weighted by atomic mass is 9.96. The maximum Gasteiger partial charge on any atom is 0.106 e. The molecule has 0 saturated heterocycles. The van der Waals surface area contributed by atoms with Gasteiger partial charge in [-0.3, -0.25) is 5.32 Å². The number of nitrogens with one attached hydrogen (secondary N) is 1. The number of nitriles is 1. The molecule has 0 rings (SSSR count). The van der Waals surface area contributed by atoms with Gasteiger partial charge in [-0.25, -0.2) is 0 Å². The van der Waals surface area contributed by atoms with Crippen LogP contribution in [0.3, 0.4) is 0 Å². The monoisotopic (exact) mass is 228 g/mol. The van der Waals surface area contributed by atoms with E-state index in [1.54, 1.807) is 7.11 Å². The van der Waals surface area contributed by atoms with Crippen LogP contribution in [0.5, 0.6) is 0 Å². The van der Waals surface area contributed by atoms with Crippen LogP contribution in [0, 0.1) is 11.3 Å². The molecule has 94 valence electrons. The second-order valence-electron chi connectivity index (χ2n) is 4.39. The second-order valence-corrected chi connectivity index (χ2v) is 4.39. The van der Waals surface area contributed by atoms with Crippen molar-refractivity contribution in [2.45, 2.75) is 51.9 Å². The van der Waals surface area contributed by atoms with Crippen molar-refractivity contribution in [1.29, 1.82) is 5.26 Å². The third-order valence-electron chi connectivity index (χ3n) is 2.38. The van der Waals surface area contributed by atoms with E-state index in [1.807, 2.05) is 27.7 Å². The summed E-state index contributed by atoms with van der Waals surface area (Å²) in [4.78, 5) is 0. The third-order valence-corrected chi connectivity index (χ3v) is 2.38. The molecule has 1 N–H and O–H groups in total. The van der Waals surface area contributed by atoms with Crippen molar-refractivity contribution in [2.75, 3.05) is 20.3 Å². The lowest BCUT2D eigenvalue weighted by Gasteiger charge is -2.27. The van der Waals surface area contributed by atoms with E-state index in [0.717, 1.165) is 6.54 Å². The number of hydrogen-bond acceptors (Lipinski definition) is 4. The van der Waals surface area contributed by atoms with E-state index in [1.165, 1.54) is 0 Å². The van der Waals surface area contributed by atoms with Gasteiger partial charge in [0.05, 0.1) is 24.9 Å². The Bertz CT molecular complexity index is 228. The van der Waals surface area contributed by atoms with Gasteiger partial charge in [0, 0.05) is 13.5 Å². The maximum absolute atomic E-state index is 9.11. The molecule has 0 fully saturated rings. The van der Waals surface area contributed by atoms with Crippen LogP contribution in [0.25, 0.3) is 0 Å². The molecule has 4 nitrogen and oxygen atoms in total. The summed E-state index contributed by atoms with van der Waals surface area (Å²) in [6.07, 6.45) is 0.768. The second kappa shape index (κ2) is 7.61. The summed E-state index contributed by atoms with van der Waals surface area (Å²) in [7, 11) is 1.66. The minimum absolute atomic E-state index is 0.0360. The van der Waals surface area contributed by atoms with Crippen molar-refractivity contribution in [2.24, 2.45) is 0 Å². The molecule has 0 heterocycles. The Balaban J connectivity index is 4.11. The molecule has 0 aliphatic carbocycles. The van der Waals surface area contributed by atoms with E-state index in [4.69, 9.17) is 14.7 Å². The van der Waals surface area contributed by atoms with Crippen molar-refractivity contribution >= 4 is 0 Å². The van der Waals surface area contributed by atoms with E-state index in [2.05, 4.69) is 11.4 Å². The van der Waals surface area contributed by atoms with Gasteiger partial charge in [-0.15, -0.1) is 0 Å². The summed E-state index contributed by atoms with van der Waals surface area (Å²) in [5, 5.41) is 12.3. The Kier molecular flexibility index (Phi) is 7.31. The predicted molar refractivity (Wildman–Crippen MR) is 64.2 cm³/mol. The lowest BCUT2D eigenvalue weighted by molar-refractivity contribution is -0.0395. The average Bonchev–Trinajstić information content (AvgIpc) is 2.17. The number of nitrogens with zero attached hydrogens (tertiary/aromatic N) is 1. The van der Waals surface area contributed by atoms with Crippen LogP contribution >= 0.6 is 0 Å². The topological polar surface area (TPSA) is 54.3 Å². The van der Waals surface area contributed by atoms with Gasteiger partial charge in [0.2, 0.25) is 0 Å². The summed E-state index contributed by atoms with van der Waals surface area (Å²) >= 11 is 0. The summed E-state index contributed by atoms with van der Waals surface area (Å²) in [6, 6.07) is 2.29. The van der Waals surface area contributed by atoms with E-state index < -0.39 is 5.54 Å². The average molecular weight is 228 g/mol. The Labute approximate surface area is 98.9 Å². The van der Waals surface area contributed by atoms with Crippen molar-refractivity contribution in [1.82, 2.24) is 5.32 Å². The summed E-state index contributed by atoms with van der Waals surface area (Å²) in [5.74, 6) is 0. The zero-order valence-electron chi connectivity index (χ0n) is 11.0. The molecule has 0 radical (unpaired) electrons. The van der Waals surface area contributed by atoms with Crippen LogP contribution in [0.1, 0.15) is 34.1 Å². The van der Waals surface area contributed by atoms with Crippen LogP contribution in [-0.2, 0) is 9.47 Å². The lowest BCUT2D eigenvalue weighted by Crippen LogP contribution is -2.44. The number of ether oxygens (including phenoxy) is 2. The van der Waals surface area contributed by atoms with Crippen LogP contribution in [0.4, 0.5) is 0 Å². The smallest absolute Gasteiger partial charge is 0.106 e. The van der Waals surface area contributed by atoms with Gasteiger partial charge in [0.1, 0.15) is 5.54 Å². The maximum atomic E-state index is 9.11. The number of methoxy groups -OCH3 is 1. The van der Waals surface area contributed by atoms with E-state index in [9.17, 15) is 0 Å². The van der Waals surface area contributed by atoms with Crippen molar-refractivity contribution in [3.8, 4) is 6.07 Å².